The molecule has 0 aromatic rings. The maximum absolute atomic E-state index is 9.58. The van der Waals surface area contributed by atoms with Gasteiger partial charge in [0.05, 0.1) is 19.8 Å². The van der Waals surface area contributed by atoms with Crippen LogP contribution in [0.4, 0.5) is 0 Å². The van der Waals surface area contributed by atoms with Gasteiger partial charge in [0.1, 0.15) is 0 Å². The zero-order valence-corrected chi connectivity index (χ0v) is 13.0. The van der Waals surface area contributed by atoms with Gasteiger partial charge in [0.2, 0.25) is 0 Å². The number of hydrogen-bond acceptors (Lipinski definition) is 4. The Kier molecular flexibility index (Phi) is 12.7. The fraction of sp³-hybridized carbons (Fsp3) is 1.00. The molecule has 0 spiro atoms. The molecule has 19 heavy (non-hydrogen) atoms. The van der Waals surface area contributed by atoms with E-state index in [-0.39, 0.29) is 12.1 Å². The molecule has 0 aliphatic carbocycles. The van der Waals surface area contributed by atoms with Crippen molar-refractivity contribution in [3.8, 4) is 0 Å². The molecule has 116 valence electrons. The number of rotatable bonds is 14. The zero-order chi connectivity index (χ0) is 14.4. The SMILES string of the molecule is CCCNC(CC)(CO)CCCOCCOCCC. The van der Waals surface area contributed by atoms with Gasteiger partial charge >= 0.3 is 0 Å². The Hall–Kier alpha value is -0.160. The third-order valence-corrected chi connectivity index (χ3v) is 3.39. The summed E-state index contributed by atoms with van der Waals surface area (Å²) in [7, 11) is 0. The van der Waals surface area contributed by atoms with Gasteiger partial charge in [-0.25, -0.2) is 0 Å². The highest BCUT2D eigenvalue weighted by molar-refractivity contribution is 4.85. The van der Waals surface area contributed by atoms with Crippen LogP contribution < -0.4 is 5.32 Å². The van der Waals surface area contributed by atoms with Gasteiger partial charge in [-0.3, -0.25) is 0 Å². The molecular formula is C15H33NO3. The van der Waals surface area contributed by atoms with E-state index >= 15 is 0 Å². The highest BCUT2D eigenvalue weighted by atomic mass is 16.5. The molecule has 0 aliphatic heterocycles. The minimum Gasteiger partial charge on any atom is -0.394 e. The van der Waals surface area contributed by atoms with Crippen molar-refractivity contribution in [2.75, 3.05) is 39.6 Å². The molecule has 0 fully saturated rings. The topological polar surface area (TPSA) is 50.7 Å². The van der Waals surface area contributed by atoms with Crippen LogP contribution in [0.25, 0.3) is 0 Å². The second-order valence-electron chi connectivity index (χ2n) is 5.05. The van der Waals surface area contributed by atoms with Crippen LogP contribution in [0.5, 0.6) is 0 Å². The maximum Gasteiger partial charge on any atom is 0.0700 e. The first-order valence-corrected chi connectivity index (χ1v) is 7.76. The van der Waals surface area contributed by atoms with E-state index in [2.05, 4.69) is 26.1 Å². The van der Waals surface area contributed by atoms with Crippen molar-refractivity contribution >= 4 is 0 Å². The molecule has 4 nitrogen and oxygen atoms in total. The quantitative estimate of drug-likeness (QED) is 0.478. The number of nitrogens with one attached hydrogen (secondary N) is 1. The molecule has 0 aliphatic rings. The van der Waals surface area contributed by atoms with Crippen LogP contribution in [0, 0.1) is 0 Å². The van der Waals surface area contributed by atoms with E-state index in [0.29, 0.717) is 13.2 Å². The van der Waals surface area contributed by atoms with Crippen molar-refractivity contribution < 1.29 is 14.6 Å². The lowest BCUT2D eigenvalue weighted by Gasteiger charge is -2.32. The Morgan fingerprint density at radius 2 is 1.63 bits per heavy atom. The van der Waals surface area contributed by atoms with Gasteiger partial charge in [0.15, 0.2) is 0 Å². The summed E-state index contributed by atoms with van der Waals surface area (Å²) in [4.78, 5) is 0. The normalized spacial score (nSPS) is 14.5. The van der Waals surface area contributed by atoms with Gasteiger partial charge in [0, 0.05) is 18.8 Å². The smallest absolute Gasteiger partial charge is 0.0700 e. The first-order valence-electron chi connectivity index (χ1n) is 7.76. The van der Waals surface area contributed by atoms with Crippen LogP contribution in [0.3, 0.4) is 0 Å². The number of aliphatic hydroxyl groups excluding tert-OH is 1. The van der Waals surface area contributed by atoms with Crippen LogP contribution in [-0.2, 0) is 9.47 Å². The van der Waals surface area contributed by atoms with Crippen molar-refractivity contribution in [1.29, 1.82) is 0 Å². The second-order valence-corrected chi connectivity index (χ2v) is 5.05. The van der Waals surface area contributed by atoms with Crippen molar-refractivity contribution in [3.63, 3.8) is 0 Å². The van der Waals surface area contributed by atoms with E-state index in [4.69, 9.17) is 9.47 Å². The van der Waals surface area contributed by atoms with E-state index in [1.807, 2.05) is 0 Å². The molecule has 0 bridgehead atoms. The van der Waals surface area contributed by atoms with Crippen LogP contribution in [0.2, 0.25) is 0 Å². The highest BCUT2D eigenvalue weighted by Crippen LogP contribution is 2.17. The second kappa shape index (κ2) is 12.9. The Bertz CT molecular complexity index is 184. The van der Waals surface area contributed by atoms with E-state index in [1.54, 1.807) is 0 Å². The van der Waals surface area contributed by atoms with Gasteiger partial charge < -0.3 is 19.9 Å². The number of hydrogen-bond donors (Lipinski definition) is 2. The van der Waals surface area contributed by atoms with Crippen LogP contribution in [-0.4, -0.2) is 50.2 Å². The summed E-state index contributed by atoms with van der Waals surface area (Å²) in [5.41, 5.74) is -0.127. The van der Waals surface area contributed by atoms with Crippen molar-refractivity contribution in [2.45, 2.75) is 58.4 Å². The van der Waals surface area contributed by atoms with Crippen LogP contribution >= 0.6 is 0 Å². The summed E-state index contributed by atoms with van der Waals surface area (Å²) in [6.45, 7) is 10.4. The lowest BCUT2D eigenvalue weighted by molar-refractivity contribution is 0.0421. The third kappa shape index (κ3) is 9.38. The summed E-state index contributed by atoms with van der Waals surface area (Å²) in [6.07, 6.45) is 5.02. The maximum atomic E-state index is 9.58. The van der Waals surface area contributed by atoms with Crippen molar-refractivity contribution in [3.05, 3.63) is 0 Å². The summed E-state index contributed by atoms with van der Waals surface area (Å²) in [5.74, 6) is 0. The Balaban J connectivity index is 3.63. The molecule has 2 N–H and O–H groups in total. The summed E-state index contributed by atoms with van der Waals surface area (Å²) >= 11 is 0. The first kappa shape index (κ1) is 18.8. The van der Waals surface area contributed by atoms with Gasteiger partial charge in [-0.15, -0.1) is 0 Å². The monoisotopic (exact) mass is 275 g/mol. The lowest BCUT2D eigenvalue weighted by atomic mass is 9.91. The molecule has 0 heterocycles. The van der Waals surface area contributed by atoms with Crippen molar-refractivity contribution in [1.82, 2.24) is 5.32 Å². The molecule has 0 saturated carbocycles. The van der Waals surface area contributed by atoms with Gasteiger partial charge in [-0.1, -0.05) is 20.8 Å². The van der Waals surface area contributed by atoms with Crippen LogP contribution in [0.15, 0.2) is 0 Å². The highest BCUT2D eigenvalue weighted by Gasteiger charge is 2.25. The molecule has 0 saturated heterocycles. The van der Waals surface area contributed by atoms with Crippen molar-refractivity contribution in [2.24, 2.45) is 0 Å². The van der Waals surface area contributed by atoms with Gasteiger partial charge in [-0.05, 0) is 38.6 Å². The molecular weight excluding hydrogens is 242 g/mol. The molecule has 0 aromatic carbocycles. The fourth-order valence-electron chi connectivity index (χ4n) is 2.01. The Labute approximate surface area is 118 Å². The average molecular weight is 275 g/mol. The summed E-state index contributed by atoms with van der Waals surface area (Å²) < 4.78 is 10.9. The Morgan fingerprint density at radius 3 is 2.16 bits per heavy atom. The number of aliphatic hydroxyl groups is 1. The molecule has 0 radical (unpaired) electrons. The molecule has 0 aromatic heterocycles. The summed E-state index contributed by atoms with van der Waals surface area (Å²) in [5, 5.41) is 13.1. The number of ether oxygens (including phenoxy) is 2. The molecule has 1 unspecified atom stereocenters. The molecule has 4 heteroatoms. The predicted molar refractivity (Wildman–Crippen MR) is 79.6 cm³/mol. The fourth-order valence-corrected chi connectivity index (χ4v) is 2.01. The first-order chi connectivity index (χ1) is 9.24. The minimum absolute atomic E-state index is 0.127. The Morgan fingerprint density at radius 1 is 0.947 bits per heavy atom. The molecule has 1 atom stereocenters. The average Bonchev–Trinajstić information content (AvgIpc) is 2.45. The standard InChI is InChI=1S/C15H33NO3/c1-4-9-16-15(6-3,14-17)8-7-11-19-13-12-18-10-5-2/h16-17H,4-14H2,1-3H3. The largest absolute Gasteiger partial charge is 0.394 e. The minimum atomic E-state index is -0.127. The molecule has 0 amide bonds. The lowest BCUT2D eigenvalue weighted by Crippen LogP contribution is -2.48. The van der Waals surface area contributed by atoms with Crippen LogP contribution in [0.1, 0.15) is 52.9 Å². The summed E-state index contributed by atoms with van der Waals surface area (Å²) in [6, 6.07) is 0. The van der Waals surface area contributed by atoms with E-state index in [9.17, 15) is 5.11 Å². The van der Waals surface area contributed by atoms with E-state index < -0.39 is 0 Å². The van der Waals surface area contributed by atoms with E-state index in [1.165, 1.54) is 0 Å². The van der Waals surface area contributed by atoms with Gasteiger partial charge in [0.25, 0.3) is 0 Å². The zero-order valence-electron chi connectivity index (χ0n) is 13.0. The third-order valence-electron chi connectivity index (χ3n) is 3.39. The van der Waals surface area contributed by atoms with Gasteiger partial charge in [-0.2, -0.15) is 0 Å². The van der Waals surface area contributed by atoms with E-state index in [0.717, 1.165) is 51.9 Å². The molecule has 0 rings (SSSR count). The predicted octanol–water partition coefficient (Wildman–Crippen LogP) is 2.35.